The van der Waals surface area contributed by atoms with Crippen LogP contribution in [0.5, 0.6) is 0 Å². The van der Waals surface area contributed by atoms with Crippen LogP contribution in [0, 0.1) is 4.77 Å². The van der Waals surface area contributed by atoms with E-state index in [4.69, 9.17) is 12.2 Å². The van der Waals surface area contributed by atoms with Crippen molar-refractivity contribution >= 4 is 39.2 Å². The molecule has 5 heteroatoms. The summed E-state index contributed by atoms with van der Waals surface area (Å²) in [4.78, 5) is 5.83. The van der Waals surface area contributed by atoms with E-state index in [0.717, 1.165) is 40.4 Å². The molecule has 1 aromatic heterocycles. The van der Waals surface area contributed by atoms with Gasteiger partial charge < -0.3 is 9.55 Å². The normalized spacial score (nSPS) is 15.5. The van der Waals surface area contributed by atoms with E-state index < -0.39 is 0 Å². The zero-order valence-electron chi connectivity index (χ0n) is 11.0. The highest BCUT2D eigenvalue weighted by Gasteiger charge is 2.27. The van der Waals surface area contributed by atoms with Crippen molar-refractivity contribution < 1.29 is 0 Å². The van der Waals surface area contributed by atoms with E-state index in [0.29, 0.717) is 0 Å². The van der Waals surface area contributed by atoms with Gasteiger partial charge in [-0.2, -0.15) is 0 Å². The van der Waals surface area contributed by atoms with Crippen LogP contribution in [0.3, 0.4) is 0 Å². The minimum absolute atomic E-state index is 0.816. The number of halogens is 1. The van der Waals surface area contributed by atoms with Gasteiger partial charge in [0.15, 0.2) is 4.77 Å². The molecular formula is C14H18BrN3S. The van der Waals surface area contributed by atoms with Crippen LogP contribution in [-0.2, 0) is 6.54 Å². The van der Waals surface area contributed by atoms with Crippen LogP contribution >= 0.6 is 28.1 Å². The smallest absolute Gasteiger partial charge is 0.178 e. The van der Waals surface area contributed by atoms with E-state index in [1.807, 2.05) is 6.07 Å². The number of aromatic nitrogens is 2. The van der Waals surface area contributed by atoms with Crippen LogP contribution in [0.4, 0.5) is 0 Å². The Morgan fingerprint density at radius 1 is 1.47 bits per heavy atom. The first kappa shape index (κ1) is 13.3. The van der Waals surface area contributed by atoms with Crippen molar-refractivity contribution in [2.45, 2.75) is 32.4 Å². The number of aromatic amines is 1. The molecule has 0 radical (unpaired) electrons. The monoisotopic (exact) mass is 339 g/mol. The summed E-state index contributed by atoms with van der Waals surface area (Å²) in [6.45, 7) is 5.40. The zero-order valence-corrected chi connectivity index (χ0v) is 13.4. The first-order chi connectivity index (χ1) is 9.19. The van der Waals surface area contributed by atoms with Gasteiger partial charge in [-0.15, -0.1) is 0 Å². The molecule has 3 rings (SSSR count). The summed E-state index contributed by atoms with van der Waals surface area (Å²) in [5.41, 5.74) is 2.30. The molecule has 0 aliphatic heterocycles. The van der Waals surface area contributed by atoms with Gasteiger partial charge in [-0.25, -0.2) is 0 Å². The second-order valence-electron chi connectivity index (χ2n) is 5.10. The van der Waals surface area contributed by atoms with Crippen molar-refractivity contribution in [3.63, 3.8) is 0 Å². The fourth-order valence-electron chi connectivity index (χ4n) is 2.61. The van der Waals surface area contributed by atoms with E-state index in [1.54, 1.807) is 0 Å². The zero-order chi connectivity index (χ0) is 13.4. The number of likely N-dealkylation sites (N-methyl/N-ethyl adjacent to an activating group) is 1. The third kappa shape index (κ3) is 2.78. The van der Waals surface area contributed by atoms with Gasteiger partial charge in [-0.3, -0.25) is 4.90 Å². The highest BCUT2D eigenvalue weighted by Crippen LogP contribution is 2.26. The van der Waals surface area contributed by atoms with Crippen molar-refractivity contribution in [1.29, 1.82) is 0 Å². The molecule has 1 N–H and O–H groups in total. The van der Waals surface area contributed by atoms with Crippen LogP contribution in [0.2, 0.25) is 0 Å². The first-order valence-corrected chi connectivity index (χ1v) is 8.01. The van der Waals surface area contributed by atoms with E-state index in [9.17, 15) is 0 Å². The number of hydrogen-bond donors (Lipinski definition) is 1. The molecule has 0 bridgehead atoms. The Morgan fingerprint density at radius 3 is 2.95 bits per heavy atom. The van der Waals surface area contributed by atoms with E-state index in [1.165, 1.54) is 18.4 Å². The number of H-pyrrole nitrogens is 1. The maximum absolute atomic E-state index is 5.44. The summed E-state index contributed by atoms with van der Waals surface area (Å²) in [6, 6.07) is 7.07. The number of nitrogens with zero attached hydrogens (tertiary/aromatic N) is 2. The van der Waals surface area contributed by atoms with Gasteiger partial charge in [-0.05, 0) is 49.8 Å². The van der Waals surface area contributed by atoms with Crippen LogP contribution < -0.4 is 0 Å². The summed E-state index contributed by atoms with van der Waals surface area (Å²) in [5, 5.41) is 0. The summed E-state index contributed by atoms with van der Waals surface area (Å²) in [5.74, 6) is 0. The molecule has 1 aromatic carbocycles. The first-order valence-electron chi connectivity index (χ1n) is 6.81. The highest BCUT2D eigenvalue weighted by atomic mass is 79.9. The summed E-state index contributed by atoms with van der Waals surface area (Å²) in [6.07, 6.45) is 2.72. The molecule has 1 aliphatic rings. The predicted molar refractivity (Wildman–Crippen MR) is 85.1 cm³/mol. The second-order valence-corrected chi connectivity index (χ2v) is 6.41. The maximum atomic E-state index is 5.44. The highest BCUT2D eigenvalue weighted by molar-refractivity contribution is 9.10. The molecule has 0 atom stereocenters. The van der Waals surface area contributed by atoms with Crippen molar-refractivity contribution in [1.82, 2.24) is 14.5 Å². The predicted octanol–water partition coefficient (Wildman–Crippen LogP) is 3.95. The van der Waals surface area contributed by atoms with Crippen LogP contribution in [0.15, 0.2) is 22.7 Å². The van der Waals surface area contributed by atoms with E-state index in [2.05, 4.69) is 49.4 Å². The lowest BCUT2D eigenvalue weighted by atomic mass is 10.3. The summed E-state index contributed by atoms with van der Waals surface area (Å²) < 4.78 is 4.12. The largest absolute Gasteiger partial charge is 0.331 e. The van der Waals surface area contributed by atoms with E-state index >= 15 is 0 Å². The lowest BCUT2D eigenvalue weighted by molar-refractivity contribution is 0.267. The van der Waals surface area contributed by atoms with Crippen LogP contribution in [0.25, 0.3) is 11.0 Å². The average Bonchev–Trinajstić information content (AvgIpc) is 3.17. The Balaban J connectivity index is 1.85. The molecule has 1 fully saturated rings. The molecule has 0 spiro atoms. The van der Waals surface area contributed by atoms with Gasteiger partial charge in [-0.1, -0.05) is 22.9 Å². The molecule has 0 saturated heterocycles. The molecule has 0 unspecified atom stereocenters. The Labute approximate surface area is 126 Å². The van der Waals surface area contributed by atoms with Gasteiger partial charge >= 0.3 is 0 Å². The number of fused-ring (bicyclic) bond motifs is 1. The Morgan fingerprint density at radius 2 is 2.26 bits per heavy atom. The van der Waals surface area contributed by atoms with Gasteiger partial charge in [0.2, 0.25) is 0 Å². The van der Waals surface area contributed by atoms with Gasteiger partial charge in [0.1, 0.15) is 0 Å². The van der Waals surface area contributed by atoms with Crippen LogP contribution in [-0.4, -0.2) is 33.6 Å². The van der Waals surface area contributed by atoms with Gasteiger partial charge in [0.25, 0.3) is 0 Å². The average molecular weight is 340 g/mol. The van der Waals surface area contributed by atoms with Crippen molar-refractivity contribution in [2.75, 3.05) is 13.1 Å². The molecule has 102 valence electrons. The van der Waals surface area contributed by atoms with Gasteiger partial charge in [0, 0.05) is 23.6 Å². The van der Waals surface area contributed by atoms with Crippen molar-refractivity contribution in [3.05, 3.63) is 27.4 Å². The van der Waals surface area contributed by atoms with Crippen molar-refractivity contribution in [3.8, 4) is 0 Å². The summed E-state index contributed by atoms with van der Waals surface area (Å²) >= 11 is 8.97. The molecule has 1 heterocycles. The third-order valence-corrected chi connectivity index (χ3v) is 4.63. The number of rotatable bonds is 5. The molecule has 3 nitrogen and oxygen atoms in total. The second kappa shape index (κ2) is 5.38. The number of nitrogens with one attached hydrogen (secondary N) is 1. The standard InChI is InChI=1S/C14H18BrN3S/c1-2-17(11-4-5-11)7-8-18-13-9-10(15)3-6-12(13)16-14(18)19/h3,6,9,11H,2,4-5,7-8H2,1H3,(H,16,19). The molecular weight excluding hydrogens is 322 g/mol. The number of hydrogen-bond acceptors (Lipinski definition) is 2. The topological polar surface area (TPSA) is 24.0 Å². The molecule has 1 saturated carbocycles. The molecule has 1 aliphatic carbocycles. The molecule has 0 amide bonds. The fourth-order valence-corrected chi connectivity index (χ4v) is 3.26. The number of benzene rings is 1. The Hall–Kier alpha value is -0.650. The minimum Gasteiger partial charge on any atom is -0.331 e. The van der Waals surface area contributed by atoms with Crippen molar-refractivity contribution in [2.24, 2.45) is 0 Å². The Kier molecular flexibility index (Phi) is 3.78. The molecule has 2 aromatic rings. The quantitative estimate of drug-likeness (QED) is 0.834. The van der Waals surface area contributed by atoms with Crippen LogP contribution in [0.1, 0.15) is 19.8 Å². The number of imidazole rings is 1. The van der Waals surface area contributed by atoms with Gasteiger partial charge in [0.05, 0.1) is 11.0 Å². The fraction of sp³-hybridized carbons (Fsp3) is 0.500. The third-order valence-electron chi connectivity index (χ3n) is 3.82. The maximum Gasteiger partial charge on any atom is 0.178 e. The molecule has 19 heavy (non-hydrogen) atoms. The SMILES string of the molecule is CCN(CCn1c(=S)[nH]c2ccc(Br)cc21)C1CC1. The minimum atomic E-state index is 0.816. The lowest BCUT2D eigenvalue weighted by Gasteiger charge is -2.20. The Bertz CT molecular complexity index is 642. The summed E-state index contributed by atoms with van der Waals surface area (Å²) in [7, 11) is 0. The lowest BCUT2D eigenvalue weighted by Crippen LogP contribution is -2.29. The van der Waals surface area contributed by atoms with E-state index in [-0.39, 0.29) is 0 Å².